The lowest BCUT2D eigenvalue weighted by atomic mass is 9.95. The number of nitrogens with one attached hydrogen (secondary N) is 1. The van der Waals surface area contributed by atoms with Gasteiger partial charge < -0.3 is 5.32 Å². The van der Waals surface area contributed by atoms with E-state index in [9.17, 15) is 0 Å². The van der Waals surface area contributed by atoms with Crippen LogP contribution < -0.4 is 5.32 Å². The molecule has 0 fully saturated rings. The molecule has 1 atom stereocenters. The summed E-state index contributed by atoms with van der Waals surface area (Å²) in [6.07, 6.45) is 2.62. The van der Waals surface area contributed by atoms with Crippen molar-refractivity contribution in [2.24, 2.45) is 0 Å². The third-order valence-electron chi connectivity index (χ3n) is 3.36. The molecule has 18 heavy (non-hydrogen) atoms. The predicted molar refractivity (Wildman–Crippen MR) is 84.7 cm³/mol. The highest BCUT2D eigenvalue weighted by Crippen LogP contribution is 2.26. The van der Waals surface area contributed by atoms with Gasteiger partial charge in [-0.2, -0.15) is 11.8 Å². The number of aryl methyl sites for hydroxylation is 3. The summed E-state index contributed by atoms with van der Waals surface area (Å²) in [6.45, 7) is 8.89. The first-order valence-electron chi connectivity index (χ1n) is 6.92. The Morgan fingerprint density at radius 2 is 1.78 bits per heavy atom. The number of rotatable bonds is 7. The maximum Gasteiger partial charge on any atom is 0.0414 e. The van der Waals surface area contributed by atoms with E-state index >= 15 is 0 Å². The van der Waals surface area contributed by atoms with E-state index in [0.717, 1.165) is 0 Å². The summed E-state index contributed by atoms with van der Waals surface area (Å²) in [7, 11) is 2.07. The highest BCUT2D eigenvalue weighted by molar-refractivity contribution is 7.99. The molecule has 0 spiro atoms. The van der Waals surface area contributed by atoms with Gasteiger partial charge in [-0.25, -0.2) is 0 Å². The number of thioether (sulfide) groups is 1. The van der Waals surface area contributed by atoms with E-state index in [4.69, 9.17) is 0 Å². The van der Waals surface area contributed by atoms with Crippen LogP contribution in [0.1, 0.15) is 48.1 Å². The average molecular weight is 265 g/mol. The molecule has 1 rings (SSSR count). The fraction of sp³-hybridized carbons (Fsp3) is 0.625. The molecule has 1 aromatic rings. The second-order valence-corrected chi connectivity index (χ2v) is 6.23. The van der Waals surface area contributed by atoms with Crippen molar-refractivity contribution in [3.05, 3.63) is 34.4 Å². The van der Waals surface area contributed by atoms with Crippen LogP contribution in [0, 0.1) is 20.8 Å². The van der Waals surface area contributed by atoms with Crippen molar-refractivity contribution in [3.63, 3.8) is 0 Å². The Labute approximate surface area is 117 Å². The molecule has 0 saturated carbocycles. The minimum absolute atomic E-state index is 0.479. The van der Waals surface area contributed by atoms with Crippen molar-refractivity contribution in [2.75, 3.05) is 18.6 Å². The molecular weight excluding hydrogens is 238 g/mol. The molecule has 1 aromatic carbocycles. The van der Waals surface area contributed by atoms with Gasteiger partial charge in [0.1, 0.15) is 0 Å². The summed E-state index contributed by atoms with van der Waals surface area (Å²) in [4.78, 5) is 0. The molecule has 102 valence electrons. The highest BCUT2D eigenvalue weighted by Gasteiger charge is 2.14. The Bertz CT molecular complexity index is 350. The molecular formula is C16H27NS. The van der Waals surface area contributed by atoms with Gasteiger partial charge in [0.25, 0.3) is 0 Å². The first-order valence-corrected chi connectivity index (χ1v) is 8.08. The summed E-state index contributed by atoms with van der Waals surface area (Å²) < 4.78 is 0. The Morgan fingerprint density at radius 3 is 2.28 bits per heavy atom. The van der Waals surface area contributed by atoms with Gasteiger partial charge in [0.15, 0.2) is 0 Å². The Balaban J connectivity index is 2.75. The predicted octanol–water partition coefficient (Wildman–Crippen LogP) is 4.41. The number of hydrogen-bond acceptors (Lipinski definition) is 2. The van der Waals surface area contributed by atoms with Crippen molar-refractivity contribution >= 4 is 11.8 Å². The van der Waals surface area contributed by atoms with Crippen LogP contribution in [0.15, 0.2) is 12.1 Å². The zero-order chi connectivity index (χ0) is 13.5. The van der Waals surface area contributed by atoms with E-state index in [1.807, 2.05) is 0 Å². The summed E-state index contributed by atoms with van der Waals surface area (Å²) in [5.41, 5.74) is 5.69. The van der Waals surface area contributed by atoms with Crippen molar-refractivity contribution in [1.29, 1.82) is 0 Å². The molecule has 1 N–H and O–H groups in total. The molecule has 0 bridgehead atoms. The zero-order valence-electron chi connectivity index (χ0n) is 12.5. The Kier molecular flexibility index (Phi) is 6.80. The minimum Gasteiger partial charge on any atom is -0.312 e. The molecule has 0 aliphatic heterocycles. The number of benzene rings is 1. The quantitative estimate of drug-likeness (QED) is 0.733. The largest absolute Gasteiger partial charge is 0.312 e. The van der Waals surface area contributed by atoms with Gasteiger partial charge in [-0.15, -0.1) is 0 Å². The number of unbranched alkanes of at least 4 members (excludes halogenated alkanes) is 1. The van der Waals surface area contributed by atoms with Gasteiger partial charge in [-0.05, 0) is 56.7 Å². The molecule has 0 aliphatic rings. The van der Waals surface area contributed by atoms with Crippen LogP contribution in [0.4, 0.5) is 0 Å². The highest BCUT2D eigenvalue weighted by atomic mass is 32.2. The lowest BCUT2D eigenvalue weighted by molar-refractivity contribution is 0.653. The van der Waals surface area contributed by atoms with Crippen LogP contribution in [-0.2, 0) is 0 Å². The van der Waals surface area contributed by atoms with Crippen LogP contribution in [0.3, 0.4) is 0 Å². The van der Waals surface area contributed by atoms with E-state index in [2.05, 4.69) is 64.0 Å². The van der Waals surface area contributed by atoms with Gasteiger partial charge >= 0.3 is 0 Å². The van der Waals surface area contributed by atoms with Gasteiger partial charge in [0.2, 0.25) is 0 Å². The molecule has 0 heterocycles. The lowest BCUT2D eigenvalue weighted by Crippen LogP contribution is -2.21. The van der Waals surface area contributed by atoms with Crippen LogP contribution in [0.5, 0.6) is 0 Å². The third kappa shape index (κ3) is 4.33. The Hall–Kier alpha value is -0.470. The maximum absolute atomic E-state index is 3.48. The van der Waals surface area contributed by atoms with Crippen LogP contribution in [-0.4, -0.2) is 18.6 Å². The van der Waals surface area contributed by atoms with Crippen LogP contribution >= 0.6 is 11.8 Å². The van der Waals surface area contributed by atoms with Gasteiger partial charge in [-0.3, -0.25) is 0 Å². The fourth-order valence-corrected chi connectivity index (χ4v) is 3.73. The van der Waals surface area contributed by atoms with E-state index in [0.29, 0.717) is 6.04 Å². The number of hydrogen-bond donors (Lipinski definition) is 1. The third-order valence-corrected chi connectivity index (χ3v) is 4.51. The van der Waals surface area contributed by atoms with Gasteiger partial charge in [0, 0.05) is 11.8 Å². The average Bonchev–Trinajstić information content (AvgIpc) is 2.31. The van der Waals surface area contributed by atoms with E-state index in [1.54, 1.807) is 0 Å². The van der Waals surface area contributed by atoms with Gasteiger partial charge in [-0.1, -0.05) is 31.0 Å². The molecule has 1 nitrogen and oxygen atoms in total. The fourth-order valence-electron chi connectivity index (χ4n) is 2.50. The minimum atomic E-state index is 0.479. The van der Waals surface area contributed by atoms with E-state index in [-0.39, 0.29) is 0 Å². The van der Waals surface area contributed by atoms with Crippen molar-refractivity contribution < 1.29 is 0 Å². The SMILES string of the molecule is CCCCSCC(NC)c1c(C)cc(C)cc1C. The summed E-state index contributed by atoms with van der Waals surface area (Å²) in [5.74, 6) is 2.44. The Morgan fingerprint density at radius 1 is 1.17 bits per heavy atom. The van der Waals surface area contributed by atoms with Crippen molar-refractivity contribution in [2.45, 2.75) is 46.6 Å². The van der Waals surface area contributed by atoms with Crippen molar-refractivity contribution in [3.8, 4) is 0 Å². The molecule has 0 saturated heterocycles. The second kappa shape index (κ2) is 7.85. The smallest absolute Gasteiger partial charge is 0.0414 e. The summed E-state index contributed by atoms with van der Waals surface area (Å²) >= 11 is 2.06. The molecule has 0 radical (unpaired) electrons. The monoisotopic (exact) mass is 265 g/mol. The zero-order valence-corrected chi connectivity index (χ0v) is 13.3. The van der Waals surface area contributed by atoms with Crippen molar-refractivity contribution in [1.82, 2.24) is 5.32 Å². The van der Waals surface area contributed by atoms with Gasteiger partial charge in [0.05, 0.1) is 0 Å². The molecule has 1 unspecified atom stereocenters. The molecule has 0 aliphatic carbocycles. The standard InChI is InChI=1S/C16H27NS/c1-6-7-8-18-11-15(17-5)16-13(3)9-12(2)10-14(16)4/h9-10,15,17H,6-8,11H2,1-5H3. The lowest BCUT2D eigenvalue weighted by Gasteiger charge is -2.21. The first-order chi connectivity index (χ1) is 8.60. The topological polar surface area (TPSA) is 12.0 Å². The molecule has 2 heteroatoms. The second-order valence-electron chi connectivity index (χ2n) is 5.08. The first kappa shape index (κ1) is 15.6. The summed E-state index contributed by atoms with van der Waals surface area (Å²) in [6, 6.07) is 5.07. The van der Waals surface area contributed by atoms with E-state index in [1.165, 1.54) is 46.6 Å². The summed E-state index contributed by atoms with van der Waals surface area (Å²) in [5, 5.41) is 3.48. The molecule has 0 amide bonds. The molecule has 0 aromatic heterocycles. The normalized spacial score (nSPS) is 12.7. The van der Waals surface area contributed by atoms with E-state index < -0.39 is 0 Å². The van der Waals surface area contributed by atoms with Crippen LogP contribution in [0.2, 0.25) is 0 Å². The van der Waals surface area contributed by atoms with Crippen LogP contribution in [0.25, 0.3) is 0 Å². The maximum atomic E-state index is 3.48.